The Labute approximate surface area is 192 Å². The SMILES string of the molecule is CCCCCCN(CCCCC)[C@@](CC)(CCC(=O)O)C(=O)N(CC(C)C)CC(C)C. The van der Waals surface area contributed by atoms with Crippen LogP contribution in [-0.2, 0) is 9.59 Å². The summed E-state index contributed by atoms with van der Waals surface area (Å²) in [6.07, 6.45) is 9.04. The summed E-state index contributed by atoms with van der Waals surface area (Å²) in [5.74, 6) is 0.0969. The first-order chi connectivity index (χ1) is 14.6. The number of amides is 1. The van der Waals surface area contributed by atoms with Crippen molar-refractivity contribution in [2.45, 2.75) is 118 Å². The number of nitrogens with zero attached hydrogens (tertiary/aromatic N) is 2. The number of aliphatic carboxylic acids is 1. The lowest BCUT2D eigenvalue weighted by Crippen LogP contribution is -2.61. The van der Waals surface area contributed by atoms with Gasteiger partial charge in [0.2, 0.25) is 5.91 Å². The molecule has 0 aromatic carbocycles. The van der Waals surface area contributed by atoms with Gasteiger partial charge >= 0.3 is 5.97 Å². The first-order valence-electron chi connectivity index (χ1n) is 12.9. The summed E-state index contributed by atoms with van der Waals surface area (Å²) < 4.78 is 0. The Balaban J connectivity index is 6.02. The molecule has 0 aromatic rings. The number of hydrogen-bond donors (Lipinski definition) is 1. The molecule has 31 heavy (non-hydrogen) atoms. The summed E-state index contributed by atoms with van der Waals surface area (Å²) in [4.78, 5) is 30.1. The second kappa shape index (κ2) is 16.5. The molecule has 0 unspecified atom stereocenters. The van der Waals surface area contributed by atoms with Crippen molar-refractivity contribution in [3.05, 3.63) is 0 Å². The normalized spacial score (nSPS) is 13.7. The Morgan fingerprint density at radius 1 is 0.806 bits per heavy atom. The molecule has 0 aliphatic rings. The molecule has 5 nitrogen and oxygen atoms in total. The maximum absolute atomic E-state index is 14.1. The summed E-state index contributed by atoms with van der Waals surface area (Å²) in [6, 6.07) is 0. The van der Waals surface area contributed by atoms with Crippen molar-refractivity contribution in [2.24, 2.45) is 11.8 Å². The van der Waals surface area contributed by atoms with E-state index in [0.717, 1.165) is 58.3 Å². The van der Waals surface area contributed by atoms with E-state index in [0.29, 0.717) is 24.7 Å². The summed E-state index contributed by atoms with van der Waals surface area (Å²) >= 11 is 0. The lowest BCUT2D eigenvalue weighted by atomic mass is 9.85. The van der Waals surface area contributed by atoms with Gasteiger partial charge in [-0.05, 0) is 50.6 Å². The Morgan fingerprint density at radius 2 is 1.29 bits per heavy atom. The predicted molar refractivity (Wildman–Crippen MR) is 131 cm³/mol. The highest BCUT2D eigenvalue weighted by Crippen LogP contribution is 2.31. The molecule has 0 fully saturated rings. The monoisotopic (exact) mass is 440 g/mol. The van der Waals surface area contributed by atoms with E-state index in [4.69, 9.17) is 0 Å². The van der Waals surface area contributed by atoms with Crippen LogP contribution in [0.1, 0.15) is 113 Å². The molecule has 0 saturated heterocycles. The smallest absolute Gasteiger partial charge is 0.303 e. The molecule has 0 radical (unpaired) electrons. The molecule has 0 aliphatic carbocycles. The van der Waals surface area contributed by atoms with E-state index < -0.39 is 11.5 Å². The number of rotatable bonds is 19. The summed E-state index contributed by atoms with van der Waals surface area (Å²) in [5, 5.41) is 9.48. The van der Waals surface area contributed by atoms with Crippen LogP contribution < -0.4 is 0 Å². The van der Waals surface area contributed by atoms with E-state index in [-0.39, 0.29) is 12.3 Å². The molecular weight excluding hydrogens is 388 g/mol. The average Bonchev–Trinajstić information content (AvgIpc) is 2.69. The second-order valence-electron chi connectivity index (χ2n) is 10.0. The van der Waals surface area contributed by atoms with E-state index in [1.54, 1.807) is 0 Å². The van der Waals surface area contributed by atoms with Crippen molar-refractivity contribution in [1.82, 2.24) is 9.80 Å². The molecular formula is C26H52N2O3. The van der Waals surface area contributed by atoms with Crippen LogP contribution in [0.25, 0.3) is 0 Å². The number of carboxylic acid groups (broad SMARTS) is 1. The van der Waals surface area contributed by atoms with Gasteiger partial charge in [-0.15, -0.1) is 0 Å². The van der Waals surface area contributed by atoms with Gasteiger partial charge in [0.05, 0.1) is 0 Å². The lowest BCUT2D eigenvalue weighted by molar-refractivity contribution is -0.149. The minimum absolute atomic E-state index is 0.0377. The molecule has 0 heterocycles. The number of carboxylic acids is 1. The molecule has 1 atom stereocenters. The Morgan fingerprint density at radius 3 is 1.71 bits per heavy atom. The zero-order chi connectivity index (χ0) is 23.9. The van der Waals surface area contributed by atoms with E-state index in [9.17, 15) is 14.7 Å². The molecule has 0 bridgehead atoms. The highest BCUT2D eigenvalue weighted by molar-refractivity contribution is 5.87. The molecule has 0 aromatic heterocycles. The van der Waals surface area contributed by atoms with Crippen molar-refractivity contribution in [3.63, 3.8) is 0 Å². The molecule has 1 N–H and O–H groups in total. The van der Waals surface area contributed by atoms with E-state index in [1.807, 2.05) is 4.90 Å². The minimum atomic E-state index is -0.815. The summed E-state index contributed by atoms with van der Waals surface area (Å²) in [7, 11) is 0. The average molecular weight is 441 g/mol. The van der Waals surface area contributed by atoms with Crippen LogP contribution in [0, 0.1) is 11.8 Å². The van der Waals surface area contributed by atoms with E-state index in [2.05, 4.69) is 53.4 Å². The maximum Gasteiger partial charge on any atom is 0.303 e. The van der Waals surface area contributed by atoms with Crippen molar-refractivity contribution in [2.75, 3.05) is 26.2 Å². The van der Waals surface area contributed by atoms with Crippen molar-refractivity contribution >= 4 is 11.9 Å². The molecule has 0 spiro atoms. The van der Waals surface area contributed by atoms with Crippen LogP contribution >= 0.6 is 0 Å². The van der Waals surface area contributed by atoms with Crippen LogP contribution in [0.2, 0.25) is 0 Å². The van der Waals surface area contributed by atoms with E-state index >= 15 is 0 Å². The zero-order valence-corrected chi connectivity index (χ0v) is 21.7. The largest absolute Gasteiger partial charge is 0.481 e. The van der Waals surface area contributed by atoms with Crippen LogP contribution in [0.3, 0.4) is 0 Å². The minimum Gasteiger partial charge on any atom is -0.481 e. The standard InChI is InChI=1S/C26H52N2O3/c1-8-11-13-15-19-28(18-14-12-9-2)26(10-3,17-16-24(29)30)25(31)27(20-22(4)5)21-23(6)7/h22-23H,8-21H2,1-7H3,(H,29,30)/t26-/m0/s1. The van der Waals surface area contributed by atoms with Gasteiger partial charge in [-0.1, -0.05) is 80.6 Å². The second-order valence-corrected chi connectivity index (χ2v) is 10.0. The number of carbonyl (C=O) groups excluding carboxylic acids is 1. The van der Waals surface area contributed by atoms with Crippen molar-refractivity contribution in [1.29, 1.82) is 0 Å². The summed E-state index contributed by atoms with van der Waals surface area (Å²) in [5.41, 5.74) is -0.720. The van der Waals surface area contributed by atoms with Crippen molar-refractivity contribution < 1.29 is 14.7 Å². The quantitative estimate of drug-likeness (QED) is 0.242. The third-order valence-corrected chi connectivity index (χ3v) is 6.11. The number of carbonyl (C=O) groups is 2. The third-order valence-electron chi connectivity index (χ3n) is 6.11. The highest BCUT2D eigenvalue weighted by atomic mass is 16.4. The van der Waals surface area contributed by atoms with Gasteiger partial charge in [0.15, 0.2) is 0 Å². The first kappa shape index (κ1) is 29.9. The highest BCUT2D eigenvalue weighted by Gasteiger charge is 2.44. The van der Waals surface area contributed by atoms with Gasteiger partial charge in [0.25, 0.3) is 0 Å². The summed E-state index contributed by atoms with van der Waals surface area (Å²) in [6.45, 7) is 18.3. The maximum atomic E-state index is 14.1. The Kier molecular flexibility index (Phi) is 15.9. The molecule has 0 rings (SSSR count). The fourth-order valence-electron chi connectivity index (χ4n) is 4.50. The fraction of sp³-hybridized carbons (Fsp3) is 0.923. The molecule has 184 valence electrons. The molecule has 0 aliphatic heterocycles. The van der Waals surface area contributed by atoms with Gasteiger partial charge in [0.1, 0.15) is 5.54 Å². The molecule has 5 heteroatoms. The van der Waals surface area contributed by atoms with Gasteiger partial charge in [-0.2, -0.15) is 0 Å². The van der Waals surface area contributed by atoms with Crippen LogP contribution in [0.15, 0.2) is 0 Å². The number of unbranched alkanes of at least 4 members (excludes halogenated alkanes) is 5. The fourth-order valence-corrected chi connectivity index (χ4v) is 4.50. The van der Waals surface area contributed by atoms with Gasteiger partial charge in [-0.3, -0.25) is 14.5 Å². The van der Waals surface area contributed by atoms with Crippen molar-refractivity contribution in [3.8, 4) is 0 Å². The molecule has 1 amide bonds. The predicted octanol–water partition coefficient (Wildman–Crippen LogP) is 6.21. The van der Waals surface area contributed by atoms with Gasteiger partial charge in [-0.25, -0.2) is 0 Å². The van der Waals surface area contributed by atoms with E-state index in [1.165, 1.54) is 12.8 Å². The Bertz CT molecular complexity index is 483. The molecule has 0 saturated carbocycles. The number of hydrogen-bond acceptors (Lipinski definition) is 3. The first-order valence-corrected chi connectivity index (χ1v) is 12.9. The van der Waals surface area contributed by atoms with Crippen LogP contribution in [-0.4, -0.2) is 58.5 Å². The topological polar surface area (TPSA) is 60.9 Å². The van der Waals surface area contributed by atoms with Gasteiger partial charge < -0.3 is 10.0 Å². The lowest BCUT2D eigenvalue weighted by Gasteiger charge is -2.46. The zero-order valence-electron chi connectivity index (χ0n) is 21.7. The Hall–Kier alpha value is -1.10. The van der Waals surface area contributed by atoms with Crippen LogP contribution in [0.5, 0.6) is 0 Å². The third kappa shape index (κ3) is 11.4. The van der Waals surface area contributed by atoms with Crippen LogP contribution in [0.4, 0.5) is 0 Å². The van der Waals surface area contributed by atoms with Gasteiger partial charge in [0, 0.05) is 19.5 Å².